The van der Waals surface area contributed by atoms with Crippen LogP contribution >= 0.6 is 0 Å². The fourth-order valence-corrected chi connectivity index (χ4v) is 2.12. The summed E-state index contributed by atoms with van der Waals surface area (Å²) in [6.07, 6.45) is 2.71. The summed E-state index contributed by atoms with van der Waals surface area (Å²) in [5.74, 6) is 1.69. The smallest absolute Gasteiger partial charge is 0.0110 e. The third-order valence-corrected chi connectivity index (χ3v) is 3.51. The maximum atomic E-state index is 2.63. The third kappa shape index (κ3) is 12.9. The minimum absolute atomic E-state index is 0.846. The van der Waals surface area contributed by atoms with Crippen molar-refractivity contribution in [2.75, 3.05) is 39.3 Å². The van der Waals surface area contributed by atoms with E-state index in [2.05, 4.69) is 37.5 Å². The Balaban J connectivity index is 0. The molecule has 1 saturated heterocycles. The van der Waals surface area contributed by atoms with Crippen LogP contribution in [0.3, 0.4) is 0 Å². The first-order chi connectivity index (χ1) is 9.58. The predicted molar refractivity (Wildman–Crippen MR) is 94.5 cm³/mol. The first kappa shape index (κ1) is 22.2. The molecule has 0 saturated carbocycles. The van der Waals surface area contributed by atoms with Crippen LogP contribution in [0.25, 0.3) is 0 Å². The van der Waals surface area contributed by atoms with Gasteiger partial charge in [-0.05, 0) is 37.8 Å². The highest BCUT2D eigenvalue weighted by atomic mass is 15.3. The van der Waals surface area contributed by atoms with Crippen LogP contribution in [0, 0.1) is 11.8 Å². The second-order valence-electron chi connectivity index (χ2n) is 6.05. The van der Waals surface area contributed by atoms with Gasteiger partial charge in [-0.15, -0.1) is 0 Å². The normalized spacial score (nSPS) is 16.5. The average molecular weight is 287 g/mol. The molecule has 1 aliphatic rings. The first-order valence-electron chi connectivity index (χ1n) is 9.02. The van der Waals surface area contributed by atoms with E-state index in [4.69, 9.17) is 0 Å². The predicted octanol–water partition coefficient (Wildman–Crippen LogP) is 4.75. The largest absolute Gasteiger partial charge is 0.301 e. The number of nitrogens with zero attached hydrogens (tertiary/aromatic N) is 2. The topological polar surface area (TPSA) is 6.48 Å². The maximum Gasteiger partial charge on any atom is 0.0110 e. The zero-order chi connectivity index (χ0) is 16.0. The number of hydrogen-bond acceptors (Lipinski definition) is 2. The molecule has 2 nitrogen and oxygen atoms in total. The van der Waals surface area contributed by atoms with E-state index in [-0.39, 0.29) is 0 Å². The van der Waals surface area contributed by atoms with E-state index in [0.717, 1.165) is 11.8 Å². The molecule has 1 fully saturated rings. The highest BCUT2D eigenvalue weighted by Gasteiger charge is 2.16. The molecule has 0 atom stereocenters. The molecule has 2 heteroatoms. The molecular weight excluding hydrogens is 244 g/mol. The van der Waals surface area contributed by atoms with Crippen molar-refractivity contribution in [3.05, 3.63) is 0 Å². The van der Waals surface area contributed by atoms with Crippen LogP contribution in [0.1, 0.15) is 68.2 Å². The molecule has 0 unspecified atom stereocenters. The Labute approximate surface area is 129 Å². The molecule has 1 aliphatic heterocycles. The summed E-state index contributed by atoms with van der Waals surface area (Å²) in [4.78, 5) is 5.26. The molecule has 1 heterocycles. The Morgan fingerprint density at radius 2 is 0.850 bits per heavy atom. The average Bonchev–Trinajstić information content (AvgIpc) is 2.48. The Bertz CT molecular complexity index is 150. The summed E-state index contributed by atoms with van der Waals surface area (Å²) in [6, 6.07) is 0. The molecule has 0 aromatic heterocycles. The van der Waals surface area contributed by atoms with Gasteiger partial charge in [-0.2, -0.15) is 0 Å². The second kappa shape index (κ2) is 15.3. The summed E-state index contributed by atoms with van der Waals surface area (Å²) in [5.41, 5.74) is 0. The zero-order valence-electron chi connectivity index (χ0n) is 15.7. The van der Waals surface area contributed by atoms with E-state index in [9.17, 15) is 0 Å². The maximum absolute atomic E-state index is 2.63. The Morgan fingerprint density at radius 3 is 1.05 bits per heavy atom. The number of rotatable bonds is 6. The number of hydrogen-bond donors (Lipinski definition) is 0. The van der Waals surface area contributed by atoms with Gasteiger partial charge < -0.3 is 9.80 Å². The monoisotopic (exact) mass is 286 g/mol. The standard InChI is InChI=1S/C14H30N2.2C2H6/c1-13(2)5-7-15-9-11-16(12-10-15)8-6-14(3)4;2*1-2/h13-14H,5-12H2,1-4H3;2*1-2H3. The van der Waals surface area contributed by atoms with Crippen molar-refractivity contribution in [2.45, 2.75) is 68.2 Å². The van der Waals surface area contributed by atoms with Crippen LogP contribution in [-0.4, -0.2) is 49.1 Å². The minimum atomic E-state index is 0.846. The quantitative estimate of drug-likeness (QED) is 0.695. The van der Waals surface area contributed by atoms with E-state index < -0.39 is 0 Å². The molecular formula is C18H42N2. The van der Waals surface area contributed by atoms with Crippen LogP contribution in [0.15, 0.2) is 0 Å². The second-order valence-corrected chi connectivity index (χ2v) is 6.05. The fourth-order valence-electron chi connectivity index (χ4n) is 2.12. The Kier molecular flexibility index (Phi) is 17.0. The van der Waals surface area contributed by atoms with Gasteiger partial charge in [0.15, 0.2) is 0 Å². The third-order valence-electron chi connectivity index (χ3n) is 3.51. The van der Waals surface area contributed by atoms with Gasteiger partial charge in [-0.3, -0.25) is 0 Å². The van der Waals surface area contributed by atoms with E-state index in [1.165, 1.54) is 52.1 Å². The van der Waals surface area contributed by atoms with Gasteiger partial charge in [-0.1, -0.05) is 55.4 Å². The molecule has 124 valence electrons. The van der Waals surface area contributed by atoms with Crippen molar-refractivity contribution in [1.82, 2.24) is 9.80 Å². The summed E-state index contributed by atoms with van der Waals surface area (Å²) in [7, 11) is 0. The molecule has 0 amide bonds. The van der Waals surface area contributed by atoms with Crippen molar-refractivity contribution < 1.29 is 0 Å². The van der Waals surface area contributed by atoms with Gasteiger partial charge >= 0.3 is 0 Å². The molecule has 0 bridgehead atoms. The van der Waals surface area contributed by atoms with E-state index in [1.807, 2.05) is 27.7 Å². The molecule has 0 spiro atoms. The van der Waals surface area contributed by atoms with Crippen molar-refractivity contribution in [3.63, 3.8) is 0 Å². The lowest BCUT2D eigenvalue weighted by Gasteiger charge is -2.35. The van der Waals surface area contributed by atoms with E-state index >= 15 is 0 Å². The summed E-state index contributed by atoms with van der Waals surface area (Å²) in [5, 5.41) is 0. The van der Waals surface area contributed by atoms with Gasteiger partial charge in [0.2, 0.25) is 0 Å². The first-order valence-corrected chi connectivity index (χ1v) is 9.02. The number of piperazine rings is 1. The van der Waals surface area contributed by atoms with E-state index in [0.29, 0.717) is 0 Å². The van der Waals surface area contributed by atoms with Gasteiger partial charge in [0, 0.05) is 26.2 Å². The SMILES string of the molecule is CC.CC.CC(C)CCN1CCN(CCC(C)C)CC1. The van der Waals surface area contributed by atoms with Crippen molar-refractivity contribution in [3.8, 4) is 0 Å². The Hall–Kier alpha value is -0.0800. The molecule has 1 rings (SSSR count). The van der Waals surface area contributed by atoms with Crippen molar-refractivity contribution in [1.29, 1.82) is 0 Å². The summed E-state index contributed by atoms with van der Waals surface area (Å²) >= 11 is 0. The molecule has 0 radical (unpaired) electrons. The highest BCUT2D eigenvalue weighted by molar-refractivity contribution is 4.72. The molecule has 0 N–H and O–H groups in total. The molecule has 0 aliphatic carbocycles. The van der Waals surface area contributed by atoms with Crippen molar-refractivity contribution in [2.24, 2.45) is 11.8 Å². The lowest BCUT2D eigenvalue weighted by molar-refractivity contribution is 0.124. The fraction of sp³-hybridized carbons (Fsp3) is 1.00. The van der Waals surface area contributed by atoms with Gasteiger partial charge in [0.1, 0.15) is 0 Å². The summed E-state index contributed by atoms with van der Waals surface area (Å²) in [6.45, 7) is 25.0. The molecule has 0 aromatic rings. The Morgan fingerprint density at radius 1 is 0.600 bits per heavy atom. The highest BCUT2D eigenvalue weighted by Crippen LogP contribution is 2.08. The zero-order valence-corrected chi connectivity index (χ0v) is 15.7. The van der Waals surface area contributed by atoms with Crippen LogP contribution in [0.4, 0.5) is 0 Å². The van der Waals surface area contributed by atoms with Gasteiger partial charge in [-0.25, -0.2) is 0 Å². The van der Waals surface area contributed by atoms with E-state index in [1.54, 1.807) is 0 Å². The van der Waals surface area contributed by atoms with Crippen LogP contribution in [0.2, 0.25) is 0 Å². The molecule has 0 aromatic carbocycles. The lowest BCUT2D eigenvalue weighted by Crippen LogP contribution is -2.47. The minimum Gasteiger partial charge on any atom is -0.301 e. The van der Waals surface area contributed by atoms with Crippen molar-refractivity contribution >= 4 is 0 Å². The van der Waals surface area contributed by atoms with Gasteiger partial charge in [0.25, 0.3) is 0 Å². The summed E-state index contributed by atoms with van der Waals surface area (Å²) < 4.78 is 0. The molecule has 20 heavy (non-hydrogen) atoms. The van der Waals surface area contributed by atoms with Gasteiger partial charge in [0.05, 0.1) is 0 Å². The lowest BCUT2D eigenvalue weighted by atomic mass is 10.1. The van der Waals surface area contributed by atoms with Crippen LogP contribution < -0.4 is 0 Å². The van der Waals surface area contributed by atoms with Crippen LogP contribution in [0.5, 0.6) is 0 Å². The van der Waals surface area contributed by atoms with Crippen LogP contribution in [-0.2, 0) is 0 Å².